The lowest BCUT2D eigenvalue weighted by Gasteiger charge is -2.60. The van der Waals surface area contributed by atoms with Gasteiger partial charge in [0, 0.05) is 11.8 Å². The summed E-state index contributed by atoms with van der Waals surface area (Å²) >= 11 is 0. The van der Waals surface area contributed by atoms with Crippen LogP contribution in [0.5, 0.6) is 0 Å². The third kappa shape index (κ3) is 1.85. The van der Waals surface area contributed by atoms with Gasteiger partial charge in [0.2, 0.25) is 0 Å². The maximum atomic E-state index is 12.6. The standard InChI is InChI=1S/C23H32O/c1-14-11-15(2)20-16(12-14)13-18-22(5)10-8-19(24)21(3,4)17(22)7-9-23(18,20)6/h11-12,17-18H,7-10,13H2,1-6H3. The van der Waals surface area contributed by atoms with Crippen molar-refractivity contribution in [3.05, 3.63) is 34.4 Å². The number of benzene rings is 1. The van der Waals surface area contributed by atoms with Crippen LogP contribution in [0.25, 0.3) is 0 Å². The molecule has 0 spiro atoms. The van der Waals surface area contributed by atoms with Gasteiger partial charge < -0.3 is 0 Å². The number of carbonyl (C=O) groups excluding carboxylic acids is 1. The molecule has 0 radical (unpaired) electrons. The predicted octanol–water partition coefficient (Wildman–Crippen LogP) is 5.54. The lowest BCUT2D eigenvalue weighted by atomic mass is 9.43. The first-order valence-corrected chi connectivity index (χ1v) is 9.74. The maximum Gasteiger partial charge on any atom is 0.138 e. The number of fused-ring (bicyclic) bond motifs is 5. The van der Waals surface area contributed by atoms with Crippen molar-refractivity contribution in [3.8, 4) is 0 Å². The Bertz CT molecular complexity index is 728. The molecule has 2 saturated carbocycles. The van der Waals surface area contributed by atoms with Gasteiger partial charge in [-0.2, -0.15) is 0 Å². The number of rotatable bonds is 0. The van der Waals surface area contributed by atoms with Crippen molar-refractivity contribution in [1.82, 2.24) is 0 Å². The van der Waals surface area contributed by atoms with Gasteiger partial charge in [0.05, 0.1) is 0 Å². The molecule has 0 aromatic heterocycles. The molecule has 0 saturated heterocycles. The third-order valence-electron chi connectivity index (χ3n) is 8.35. The van der Waals surface area contributed by atoms with Gasteiger partial charge in [-0.05, 0) is 78.9 Å². The van der Waals surface area contributed by atoms with Crippen molar-refractivity contribution in [2.24, 2.45) is 22.7 Å². The Balaban J connectivity index is 1.84. The maximum absolute atomic E-state index is 12.6. The molecule has 130 valence electrons. The number of aryl methyl sites for hydroxylation is 2. The average Bonchev–Trinajstić information content (AvgIpc) is 2.77. The summed E-state index contributed by atoms with van der Waals surface area (Å²) < 4.78 is 0. The second-order valence-corrected chi connectivity index (χ2v) is 10.0. The average molecular weight is 325 g/mol. The van der Waals surface area contributed by atoms with Crippen LogP contribution in [-0.2, 0) is 16.6 Å². The Morgan fingerprint density at radius 1 is 1.00 bits per heavy atom. The zero-order valence-electron chi connectivity index (χ0n) is 16.3. The quantitative estimate of drug-likeness (QED) is 0.612. The largest absolute Gasteiger partial charge is 0.299 e. The summed E-state index contributed by atoms with van der Waals surface area (Å²) in [5.41, 5.74) is 6.58. The molecule has 0 amide bonds. The second-order valence-electron chi connectivity index (χ2n) is 10.0. The van der Waals surface area contributed by atoms with E-state index in [9.17, 15) is 4.79 Å². The van der Waals surface area contributed by atoms with Crippen LogP contribution in [0.1, 0.15) is 75.6 Å². The molecule has 0 aliphatic heterocycles. The second kappa shape index (κ2) is 4.74. The zero-order valence-corrected chi connectivity index (χ0v) is 16.3. The van der Waals surface area contributed by atoms with E-state index in [-0.39, 0.29) is 5.41 Å². The minimum absolute atomic E-state index is 0.145. The summed E-state index contributed by atoms with van der Waals surface area (Å²) in [5, 5.41) is 0. The Labute approximate surface area is 147 Å². The van der Waals surface area contributed by atoms with Crippen molar-refractivity contribution in [2.75, 3.05) is 0 Å². The first-order chi connectivity index (χ1) is 11.1. The van der Waals surface area contributed by atoms with E-state index in [1.54, 1.807) is 11.1 Å². The fourth-order valence-electron chi connectivity index (χ4n) is 7.36. The number of carbonyl (C=O) groups is 1. The van der Waals surface area contributed by atoms with E-state index in [2.05, 4.69) is 53.7 Å². The number of Topliss-reactive ketones (excluding diaryl/α,β-unsaturated/α-hetero) is 1. The molecule has 24 heavy (non-hydrogen) atoms. The highest BCUT2D eigenvalue weighted by atomic mass is 16.1. The molecular formula is C23H32O. The fourth-order valence-corrected chi connectivity index (χ4v) is 7.36. The highest BCUT2D eigenvalue weighted by Gasteiger charge is 2.62. The van der Waals surface area contributed by atoms with E-state index >= 15 is 0 Å². The van der Waals surface area contributed by atoms with Crippen molar-refractivity contribution in [1.29, 1.82) is 0 Å². The van der Waals surface area contributed by atoms with E-state index in [1.165, 1.54) is 30.4 Å². The van der Waals surface area contributed by atoms with Crippen molar-refractivity contribution < 1.29 is 4.79 Å². The van der Waals surface area contributed by atoms with Gasteiger partial charge in [-0.15, -0.1) is 0 Å². The molecule has 4 unspecified atom stereocenters. The van der Waals surface area contributed by atoms with Crippen LogP contribution in [0.4, 0.5) is 0 Å². The van der Waals surface area contributed by atoms with Crippen LogP contribution >= 0.6 is 0 Å². The Hall–Kier alpha value is -1.11. The van der Waals surface area contributed by atoms with Crippen molar-refractivity contribution in [2.45, 2.75) is 79.1 Å². The summed E-state index contributed by atoms with van der Waals surface area (Å²) in [6.45, 7) is 14.0. The summed E-state index contributed by atoms with van der Waals surface area (Å²) in [6, 6.07) is 4.80. The van der Waals surface area contributed by atoms with Crippen LogP contribution in [0, 0.1) is 36.5 Å². The SMILES string of the molecule is Cc1cc(C)c2c(c1)CC1C2(C)CCC2C(C)(C)C(=O)CCC21C. The number of hydrogen-bond donors (Lipinski definition) is 0. The lowest BCUT2D eigenvalue weighted by molar-refractivity contribution is -0.151. The third-order valence-corrected chi connectivity index (χ3v) is 8.35. The number of ketones is 1. The fraction of sp³-hybridized carbons (Fsp3) is 0.696. The molecule has 1 aromatic rings. The van der Waals surface area contributed by atoms with E-state index < -0.39 is 0 Å². The van der Waals surface area contributed by atoms with Gasteiger partial charge in [0.15, 0.2) is 0 Å². The van der Waals surface area contributed by atoms with Crippen LogP contribution in [-0.4, -0.2) is 5.78 Å². The molecular weight excluding hydrogens is 292 g/mol. The van der Waals surface area contributed by atoms with Gasteiger partial charge in [0.25, 0.3) is 0 Å². The molecule has 3 aliphatic rings. The predicted molar refractivity (Wildman–Crippen MR) is 99.3 cm³/mol. The van der Waals surface area contributed by atoms with E-state index in [4.69, 9.17) is 0 Å². The van der Waals surface area contributed by atoms with Gasteiger partial charge in [-0.3, -0.25) is 4.79 Å². The van der Waals surface area contributed by atoms with Crippen molar-refractivity contribution >= 4 is 5.78 Å². The molecule has 0 bridgehead atoms. The molecule has 4 rings (SSSR count). The summed E-state index contributed by atoms with van der Waals surface area (Å²) in [7, 11) is 0. The highest BCUT2D eigenvalue weighted by molar-refractivity contribution is 5.85. The van der Waals surface area contributed by atoms with Gasteiger partial charge in [-0.25, -0.2) is 0 Å². The molecule has 3 aliphatic carbocycles. The van der Waals surface area contributed by atoms with Gasteiger partial charge >= 0.3 is 0 Å². The molecule has 1 aromatic carbocycles. The first kappa shape index (κ1) is 16.4. The summed E-state index contributed by atoms with van der Waals surface area (Å²) in [6.07, 6.45) is 5.53. The van der Waals surface area contributed by atoms with E-state index in [1.807, 2.05) is 0 Å². The Morgan fingerprint density at radius 3 is 2.42 bits per heavy atom. The topological polar surface area (TPSA) is 17.1 Å². The van der Waals surface area contributed by atoms with Crippen LogP contribution in [0.3, 0.4) is 0 Å². The van der Waals surface area contributed by atoms with Gasteiger partial charge in [0.1, 0.15) is 5.78 Å². The minimum Gasteiger partial charge on any atom is -0.299 e. The normalized spacial score (nSPS) is 40.0. The van der Waals surface area contributed by atoms with Crippen molar-refractivity contribution in [3.63, 3.8) is 0 Å². The molecule has 1 heteroatoms. The summed E-state index contributed by atoms with van der Waals surface area (Å²) in [4.78, 5) is 12.6. The Morgan fingerprint density at radius 2 is 1.71 bits per heavy atom. The monoisotopic (exact) mass is 324 g/mol. The van der Waals surface area contributed by atoms with E-state index in [0.29, 0.717) is 28.4 Å². The van der Waals surface area contributed by atoms with Crippen LogP contribution in [0.2, 0.25) is 0 Å². The van der Waals surface area contributed by atoms with Crippen LogP contribution < -0.4 is 0 Å². The molecule has 1 nitrogen and oxygen atoms in total. The Kier molecular flexibility index (Phi) is 3.23. The first-order valence-electron chi connectivity index (χ1n) is 9.74. The smallest absolute Gasteiger partial charge is 0.138 e. The van der Waals surface area contributed by atoms with Crippen LogP contribution in [0.15, 0.2) is 12.1 Å². The minimum atomic E-state index is -0.145. The molecule has 0 N–H and O–H groups in total. The number of hydrogen-bond acceptors (Lipinski definition) is 1. The zero-order chi connectivity index (χ0) is 17.5. The highest BCUT2D eigenvalue weighted by Crippen LogP contribution is 2.67. The lowest BCUT2D eigenvalue weighted by Crippen LogP contribution is -2.57. The summed E-state index contributed by atoms with van der Waals surface area (Å²) in [5.74, 6) is 1.72. The van der Waals surface area contributed by atoms with E-state index in [0.717, 1.165) is 12.8 Å². The molecule has 0 heterocycles. The van der Waals surface area contributed by atoms with Gasteiger partial charge in [-0.1, -0.05) is 45.4 Å². The molecule has 2 fully saturated rings. The molecule has 4 atom stereocenters.